The molecule has 16 heavy (non-hydrogen) atoms. The molecule has 0 atom stereocenters. The average Bonchev–Trinajstić information content (AvgIpc) is 2.20. The first-order valence-electron chi connectivity index (χ1n) is 4.40. The van der Waals surface area contributed by atoms with Crippen molar-refractivity contribution < 1.29 is 13.2 Å². The fraction of sp³-hybridized carbons (Fsp3) is 0. The van der Waals surface area contributed by atoms with Gasteiger partial charge in [-0.1, -0.05) is 23.7 Å². The summed E-state index contributed by atoms with van der Waals surface area (Å²) in [5.74, 6) is -2.46. The van der Waals surface area contributed by atoms with Gasteiger partial charge in [0.15, 0.2) is 0 Å². The van der Waals surface area contributed by atoms with Crippen molar-refractivity contribution in [2.24, 2.45) is 0 Å². The molecule has 81 valence electrons. The third-order valence-corrected chi connectivity index (χ3v) is 2.36. The zero-order valence-corrected chi connectivity index (χ0v) is 8.65. The van der Waals surface area contributed by atoms with E-state index in [4.69, 9.17) is 11.6 Å². The second kappa shape index (κ2) is 4.18. The molecule has 0 aliphatic rings. The van der Waals surface area contributed by atoms with Crippen LogP contribution >= 0.6 is 11.6 Å². The normalized spacial score (nSPS) is 10.5. The molecule has 2 aromatic carbocycles. The minimum atomic E-state index is -0.880. The van der Waals surface area contributed by atoms with E-state index in [0.717, 1.165) is 12.1 Å². The maximum Gasteiger partial charge on any atom is 0.149 e. The molecule has 1 radical (unpaired) electrons. The number of benzene rings is 2. The maximum absolute atomic E-state index is 13.6. The Morgan fingerprint density at radius 3 is 2.25 bits per heavy atom. The summed E-state index contributed by atoms with van der Waals surface area (Å²) < 4.78 is 39.4. The van der Waals surface area contributed by atoms with Crippen molar-refractivity contribution in [3.8, 4) is 11.1 Å². The lowest BCUT2D eigenvalue weighted by Gasteiger charge is -2.04. The fourth-order valence-electron chi connectivity index (χ4n) is 1.38. The Labute approximate surface area is 95.3 Å². The molecule has 0 saturated heterocycles. The molecule has 0 aliphatic heterocycles. The van der Waals surface area contributed by atoms with Crippen LogP contribution in [-0.2, 0) is 0 Å². The van der Waals surface area contributed by atoms with Crippen molar-refractivity contribution in [1.29, 1.82) is 0 Å². The molecular formula is C12H5ClF3. The van der Waals surface area contributed by atoms with E-state index in [0.29, 0.717) is 0 Å². The molecule has 4 heteroatoms. The summed E-state index contributed by atoms with van der Waals surface area (Å²) in [6.07, 6.45) is 0. The number of hydrogen-bond donors (Lipinski definition) is 0. The van der Waals surface area contributed by atoms with Gasteiger partial charge in [-0.2, -0.15) is 0 Å². The molecule has 0 unspecified atom stereocenters. The molecule has 0 saturated carbocycles. The van der Waals surface area contributed by atoms with E-state index < -0.39 is 17.5 Å². The molecule has 0 aliphatic carbocycles. The van der Waals surface area contributed by atoms with Gasteiger partial charge >= 0.3 is 0 Å². The van der Waals surface area contributed by atoms with E-state index >= 15 is 0 Å². The fourth-order valence-corrected chi connectivity index (χ4v) is 1.56. The topological polar surface area (TPSA) is 0 Å². The zero-order chi connectivity index (χ0) is 11.7. The Bertz CT molecular complexity index is 518. The van der Waals surface area contributed by atoms with Gasteiger partial charge in [-0.25, -0.2) is 13.2 Å². The van der Waals surface area contributed by atoms with E-state index in [1.165, 1.54) is 18.2 Å². The SMILES string of the molecule is Fc1[c]c(F)cc(-c2cccc(Cl)c2F)c1. The second-order valence-corrected chi connectivity index (χ2v) is 3.57. The number of halogens is 4. The largest absolute Gasteiger partial charge is 0.206 e. The lowest BCUT2D eigenvalue weighted by molar-refractivity contribution is 0.579. The summed E-state index contributed by atoms with van der Waals surface area (Å²) in [4.78, 5) is 0. The molecule has 0 fully saturated rings. The van der Waals surface area contributed by atoms with Crippen molar-refractivity contribution in [3.05, 3.63) is 58.9 Å². The van der Waals surface area contributed by atoms with Crippen LogP contribution in [0.15, 0.2) is 30.3 Å². The quantitative estimate of drug-likeness (QED) is 0.701. The smallest absolute Gasteiger partial charge is 0.149 e. The van der Waals surface area contributed by atoms with Gasteiger partial charge in [-0.15, -0.1) is 0 Å². The van der Waals surface area contributed by atoms with Crippen LogP contribution in [0.4, 0.5) is 13.2 Å². The first-order chi connectivity index (χ1) is 7.58. The van der Waals surface area contributed by atoms with Crippen molar-refractivity contribution in [2.75, 3.05) is 0 Å². The number of hydrogen-bond acceptors (Lipinski definition) is 0. The monoisotopic (exact) mass is 241 g/mol. The molecule has 0 spiro atoms. The van der Waals surface area contributed by atoms with E-state index in [2.05, 4.69) is 0 Å². The van der Waals surface area contributed by atoms with Gasteiger partial charge in [0.2, 0.25) is 0 Å². The minimum absolute atomic E-state index is 0.0549. The Kier molecular flexibility index (Phi) is 2.88. The lowest BCUT2D eigenvalue weighted by Crippen LogP contribution is -1.88. The molecule has 0 N–H and O–H groups in total. The first kappa shape index (κ1) is 11.0. The van der Waals surface area contributed by atoms with Crippen molar-refractivity contribution in [1.82, 2.24) is 0 Å². The van der Waals surface area contributed by atoms with Crippen molar-refractivity contribution in [3.63, 3.8) is 0 Å². The van der Waals surface area contributed by atoms with Crippen LogP contribution in [0, 0.1) is 23.5 Å². The highest BCUT2D eigenvalue weighted by Gasteiger charge is 2.10. The van der Waals surface area contributed by atoms with Crippen LogP contribution in [0.1, 0.15) is 0 Å². The zero-order valence-electron chi connectivity index (χ0n) is 7.90. The molecule has 2 rings (SSSR count). The predicted molar refractivity (Wildman–Crippen MR) is 55.6 cm³/mol. The van der Waals surface area contributed by atoms with Gasteiger partial charge in [0.1, 0.15) is 17.5 Å². The van der Waals surface area contributed by atoms with Gasteiger partial charge in [-0.3, -0.25) is 0 Å². The summed E-state index contributed by atoms with van der Waals surface area (Å²) in [6.45, 7) is 0. The minimum Gasteiger partial charge on any atom is -0.206 e. The molecule has 2 aromatic rings. The molecule has 0 heterocycles. The summed E-state index contributed by atoms with van der Waals surface area (Å²) in [7, 11) is 0. The molecule has 0 bridgehead atoms. The van der Waals surface area contributed by atoms with Crippen LogP contribution in [0.5, 0.6) is 0 Å². The van der Waals surface area contributed by atoms with Crippen molar-refractivity contribution in [2.45, 2.75) is 0 Å². The van der Waals surface area contributed by atoms with Gasteiger partial charge in [-0.05, 0) is 23.8 Å². The van der Waals surface area contributed by atoms with Crippen molar-refractivity contribution >= 4 is 11.6 Å². The second-order valence-electron chi connectivity index (χ2n) is 3.17. The number of rotatable bonds is 1. The van der Waals surface area contributed by atoms with E-state index in [-0.39, 0.29) is 16.1 Å². The van der Waals surface area contributed by atoms with Gasteiger partial charge < -0.3 is 0 Å². The van der Waals surface area contributed by atoms with Gasteiger partial charge in [0.05, 0.1) is 11.1 Å². The maximum atomic E-state index is 13.6. The summed E-state index contributed by atoms with van der Waals surface area (Å²) >= 11 is 5.57. The van der Waals surface area contributed by atoms with E-state index in [1.54, 1.807) is 0 Å². The highest BCUT2D eigenvalue weighted by molar-refractivity contribution is 6.31. The first-order valence-corrected chi connectivity index (χ1v) is 4.78. The van der Waals surface area contributed by atoms with Gasteiger partial charge in [0, 0.05) is 5.56 Å². The third kappa shape index (κ3) is 2.04. The molecule has 0 nitrogen and oxygen atoms in total. The standard InChI is InChI=1S/C12H5ClF3/c13-11-3-1-2-10(12(11)16)7-4-8(14)6-9(15)5-7/h1-5H. The van der Waals surface area contributed by atoms with E-state index in [1.807, 2.05) is 6.07 Å². The van der Waals surface area contributed by atoms with Crippen LogP contribution in [0.25, 0.3) is 11.1 Å². The Morgan fingerprint density at radius 1 is 1.00 bits per heavy atom. The Morgan fingerprint density at radius 2 is 1.62 bits per heavy atom. The summed E-state index contributed by atoms with van der Waals surface area (Å²) in [5, 5.41) is -0.0915. The van der Waals surface area contributed by atoms with E-state index in [9.17, 15) is 13.2 Å². The summed E-state index contributed by atoms with van der Waals surface area (Å²) in [6, 6.07) is 8.09. The van der Waals surface area contributed by atoms with Crippen LogP contribution in [-0.4, -0.2) is 0 Å². The van der Waals surface area contributed by atoms with Crippen LogP contribution < -0.4 is 0 Å². The highest BCUT2D eigenvalue weighted by Crippen LogP contribution is 2.28. The third-order valence-electron chi connectivity index (χ3n) is 2.07. The molecule has 0 aromatic heterocycles. The van der Waals surface area contributed by atoms with Gasteiger partial charge in [0.25, 0.3) is 0 Å². The van der Waals surface area contributed by atoms with Crippen LogP contribution in [0.2, 0.25) is 5.02 Å². The average molecular weight is 242 g/mol. The highest BCUT2D eigenvalue weighted by atomic mass is 35.5. The Balaban J connectivity index is 2.63. The molecule has 0 amide bonds. The lowest BCUT2D eigenvalue weighted by atomic mass is 10.0. The molecular weight excluding hydrogens is 237 g/mol. The predicted octanol–water partition coefficient (Wildman–Crippen LogP) is 4.22. The summed E-state index contributed by atoms with van der Waals surface area (Å²) in [5.41, 5.74) is 0.146. The van der Waals surface area contributed by atoms with Crippen LogP contribution in [0.3, 0.4) is 0 Å². The Hall–Kier alpha value is -1.48.